The number of nitrogens with zero attached hydrogens (tertiary/aromatic N) is 1. The molecule has 2 aliphatic heterocycles. The first-order valence-electron chi connectivity index (χ1n) is 8.71. The first kappa shape index (κ1) is 15.5. The highest BCUT2D eigenvalue weighted by Gasteiger charge is 2.35. The lowest BCUT2D eigenvalue weighted by Gasteiger charge is -2.32. The molecular weight excluding hydrogens is 272 g/mol. The maximum Gasteiger partial charge on any atom is 0.223 e. The van der Waals surface area contributed by atoms with E-state index in [0.29, 0.717) is 23.9 Å². The van der Waals surface area contributed by atoms with E-state index in [1.54, 1.807) is 0 Å². The molecule has 0 radical (unpaired) electrons. The van der Waals surface area contributed by atoms with Crippen LogP contribution in [0.5, 0.6) is 0 Å². The molecule has 22 heavy (non-hydrogen) atoms. The van der Waals surface area contributed by atoms with Crippen LogP contribution in [0.25, 0.3) is 0 Å². The van der Waals surface area contributed by atoms with E-state index in [2.05, 4.69) is 31.3 Å². The maximum atomic E-state index is 12.8. The van der Waals surface area contributed by atoms with Crippen LogP contribution in [0.15, 0.2) is 30.3 Å². The van der Waals surface area contributed by atoms with E-state index in [4.69, 9.17) is 0 Å². The number of amides is 1. The van der Waals surface area contributed by atoms with Crippen molar-refractivity contribution in [1.29, 1.82) is 0 Å². The molecule has 2 fully saturated rings. The zero-order valence-electron chi connectivity index (χ0n) is 13.8. The van der Waals surface area contributed by atoms with Crippen molar-refractivity contribution in [2.24, 2.45) is 5.92 Å². The molecule has 2 atom stereocenters. The Bertz CT molecular complexity index is 487. The topological polar surface area (TPSA) is 32.3 Å². The second-order valence-electron chi connectivity index (χ2n) is 7.28. The SMILES string of the molecule is CC(C)N(Cc1ccccc1)C(=O)CC1CC2CCC(C1)N2. The molecule has 1 N–H and O–H groups in total. The first-order valence-corrected chi connectivity index (χ1v) is 8.71. The first-order chi connectivity index (χ1) is 10.6. The molecule has 120 valence electrons. The van der Waals surface area contributed by atoms with E-state index >= 15 is 0 Å². The number of carbonyl (C=O) groups excluding carboxylic acids is 1. The molecule has 1 amide bonds. The van der Waals surface area contributed by atoms with Crippen LogP contribution in [-0.2, 0) is 11.3 Å². The van der Waals surface area contributed by atoms with Gasteiger partial charge in [-0.05, 0) is 51.0 Å². The summed E-state index contributed by atoms with van der Waals surface area (Å²) in [6.07, 6.45) is 5.68. The summed E-state index contributed by atoms with van der Waals surface area (Å²) >= 11 is 0. The van der Waals surface area contributed by atoms with Crippen molar-refractivity contribution < 1.29 is 4.79 Å². The van der Waals surface area contributed by atoms with Gasteiger partial charge in [-0.2, -0.15) is 0 Å². The van der Waals surface area contributed by atoms with Gasteiger partial charge in [-0.25, -0.2) is 0 Å². The minimum atomic E-state index is 0.256. The number of carbonyl (C=O) groups is 1. The predicted octanol–water partition coefficient (Wildman–Crippen LogP) is 3.34. The van der Waals surface area contributed by atoms with Crippen molar-refractivity contribution in [3.63, 3.8) is 0 Å². The molecule has 2 heterocycles. The van der Waals surface area contributed by atoms with E-state index in [-0.39, 0.29) is 6.04 Å². The molecule has 3 nitrogen and oxygen atoms in total. The zero-order chi connectivity index (χ0) is 15.5. The van der Waals surface area contributed by atoms with Gasteiger partial charge in [-0.3, -0.25) is 4.79 Å². The summed E-state index contributed by atoms with van der Waals surface area (Å²) in [5, 5.41) is 3.66. The van der Waals surface area contributed by atoms with Gasteiger partial charge in [0.2, 0.25) is 5.91 Å². The van der Waals surface area contributed by atoms with Gasteiger partial charge in [0.25, 0.3) is 0 Å². The third-order valence-electron chi connectivity index (χ3n) is 5.17. The van der Waals surface area contributed by atoms with Crippen molar-refractivity contribution in [2.45, 2.75) is 70.6 Å². The Morgan fingerprint density at radius 2 is 1.82 bits per heavy atom. The number of rotatable bonds is 5. The van der Waals surface area contributed by atoms with Crippen LogP contribution in [0.4, 0.5) is 0 Å². The minimum absolute atomic E-state index is 0.256. The van der Waals surface area contributed by atoms with Crippen LogP contribution in [0, 0.1) is 5.92 Å². The Labute approximate surface area is 134 Å². The quantitative estimate of drug-likeness (QED) is 0.904. The molecule has 2 bridgehead atoms. The molecule has 2 aliphatic rings. The van der Waals surface area contributed by atoms with Crippen LogP contribution < -0.4 is 5.32 Å². The van der Waals surface area contributed by atoms with Crippen molar-refractivity contribution in [1.82, 2.24) is 10.2 Å². The normalized spacial score (nSPS) is 27.1. The summed E-state index contributed by atoms with van der Waals surface area (Å²) < 4.78 is 0. The van der Waals surface area contributed by atoms with Gasteiger partial charge < -0.3 is 10.2 Å². The summed E-state index contributed by atoms with van der Waals surface area (Å²) in [6.45, 7) is 4.97. The van der Waals surface area contributed by atoms with Crippen LogP contribution in [0.3, 0.4) is 0 Å². The third-order valence-corrected chi connectivity index (χ3v) is 5.17. The smallest absolute Gasteiger partial charge is 0.223 e. The molecular formula is C19H28N2O. The summed E-state index contributed by atoms with van der Waals surface area (Å²) in [7, 11) is 0. The molecule has 3 rings (SSSR count). The molecule has 3 heteroatoms. The van der Waals surface area contributed by atoms with Crippen molar-refractivity contribution in [2.75, 3.05) is 0 Å². The van der Waals surface area contributed by atoms with Gasteiger partial charge in [0.1, 0.15) is 0 Å². The molecule has 2 unspecified atom stereocenters. The Morgan fingerprint density at radius 3 is 2.41 bits per heavy atom. The standard InChI is InChI=1S/C19H28N2O/c1-14(2)21(13-15-6-4-3-5-7-15)19(22)12-16-10-17-8-9-18(11-16)20-17/h3-7,14,16-18,20H,8-13H2,1-2H3. The number of fused-ring (bicyclic) bond motifs is 2. The largest absolute Gasteiger partial charge is 0.336 e. The van der Waals surface area contributed by atoms with Crippen LogP contribution >= 0.6 is 0 Å². The van der Waals surface area contributed by atoms with Crippen molar-refractivity contribution in [3.05, 3.63) is 35.9 Å². The Hall–Kier alpha value is -1.35. The van der Waals surface area contributed by atoms with Gasteiger partial charge in [-0.15, -0.1) is 0 Å². The van der Waals surface area contributed by atoms with Crippen LogP contribution in [-0.4, -0.2) is 28.9 Å². The van der Waals surface area contributed by atoms with Crippen LogP contribution in [0.1, 0.15) is 51.5 Å². The monoisotopic (exact) mass is 300 g/mol. The maximum absolute atomic E-state index is 12.8. The molecule has 1 aromatic rings. The Morgan fingerprint density at radius 1 is 1.18 bits per heavy atom. The number of hydrogen-bond acceptors (Lipinski definition) is 2. The number of benzene rings is 1. The molecule has 0 aliphatic carbocycles. The molecule has 0 spiro atoms. The van der Waals surface area contributed by atoms with Gasteiger partial charge in [0.15, 0.2) is 0 Å². The highest BCUT2D eigenvalue weighted by Crippen LogP contribution is 2.33. The average Bonchev–Trinajstić information content (AvgIpc) is 2.84. The zero-order valence-corrected chi connectivity index (χ0v) is 13.8. The minimum Gasteiger partial charge on any atom is -0.336 e. The fourth-order valence-corrected chi connectivity index (χ4v) is 4.04. The van der Waals surface area contributed by atoms with Crippen molar-refractivity contribution in [3.8, 4) is 0 Å². The van der Waals surface area contributed by atoms with Crippen LogP contribution in [0.2, 0.25) is 0 Å². The lowest BCUT2D eigenvalue weighted by atomic mass is 9.89. The van der Waals surface area contributed by atoms with Gasteiger partial charge in [0.05, 0.1) is 0 Å². The summed E-state index contributed by atoms with van der Waals surface area (Å²) in [6, 6.07) is 11.9. The number of hydrogen-bond donors (Lipinski definition) is 1. The third kappa shape index (κ3) is 3.70. The van der Waals surface area contributed by atoms with E-state index < -0.39 is 0 Å². The van der Waals surface area contributed by atoms with Gasteiger partial charge >= 0.3 is 0 Å². The summed E-state index contributed by atoms with van der Waals surface area (Å²) in [4.78, 5) is 14.8. The molecule has 0 aromatic heterocycles. The summed E-state index contributed by atoms with van der Waals surface area (Å²) in [5.74, 6) is 0.897. The fraction of sp³-hybridized carbons (Fsp3) is 0.632. The Balaban J connectivity index is 1.60. The predicted molar refractivity (Wildman–Crippen MR) is 89.4 cm³/mol. The number of piperidine rings is 1. The summed E-state index contributed by atoms with van der Waals surface area (Å²) in [5.41, 5.74) is 1.22. The second-order valence-corrected chi connectivity index (χ2v) is 7.28. The second kappa shape index (κ2) is 6.82. The van der Waals surface area contributed by atoms with Gasteiger partial charge in [0, 0.05) is 31.1 Å². The molecule has 2 saturated heterocycles. The fourth-order valence-electron chi connectivity index (χ4n) is 4.04. The highest BCUT2D eigenvalue weighted by molar-refractivity contribution is 5.76. The highest BCUT2D eigenvalue weighted by atomic mass is 16.2. The van der Waals surface area contributed by atoms with E-state index in [9.17, 15) is 4.79 Å². The lowest BCUT2D eigenvalue weighted by Crippen LogP contribution is -2.42. The Kier molecular flexibility index (Phi) is 4.82. The lowest BCUT2D eigenvalue weighted by molar-refractivity contribution is -0.134. The van der Waals surface area contributed by atoms with Crippen molar-refractivity contribution >= 4 is 5.91 Å². The van der Waals surface area contributed by atoms with Gasteiger partial charge in [-0.1, -0.05) is 30.3 Å². The van der Waals surface area contributed by atoms with E-state index in [1.165, 1.54) is 31.2 Å². The van der Waals surface area contributed by atoms with E-state index in [1.807, 2.05) is 23.1 Å². The molecule has 0 saturated carbocycles. The molecule has 1 aromatic carbocycles. The van der Waals surface area contributed by atoms with E-state index in [0.717, 1.165) is 13.0 Å². The number of nitrogens with one attached hydrogen (secondary N) is 1. The average molecular weight is 300 g/mol.